The Morgan fingerprint density at radius 1 is 1.26 bits per heavy atom. The number of halogens is 3. The SMILES string of the molecule is CC1(O)CC(C(=O)N2CC3(CCC(Cc4cccc(C(F)(F)F)c4)C3)C2)C1. The summed E-state index contributed by atoms with van der Waals surface area (Å²) >= 11 is 0. The first-order valence-corrected chi connectivity index (χ1v) is 9.73. The molecule has 3 aliphatic rings. The van der Waals surface area contributed by atoms with Crippen LogP contribution in [0.15, 0.2) is 24.3 Å². The highest BCUT2D eigenvalue weighted by Gasteiger charge is 2.52. The standard InChI is InChI=1S/C21H26F3NO2/c1-19(27)10-16(11-19)18(26)25-12-20(13-25)6-5-15(9-20)7-14-3-2-4-17(8-14)21(22,23)24/h2-4,8,15-16,27H,5-7,9-13H2,1H3. The number of carbonyl (C=O) groups is 1. The minimum atomic E-state index is -4.30. The van der Waals surface area contributed by atoms with Gasteiger partial charge in [0.15, 0.2) is 0 Å². The second-order valence-electron chi connectivity index (χ2n) is 9.31. The molecule has 1 spiro atoms. The van der Waals surface area contributed by atoms with E-state index in [2.05, 4.69) is 0 Å². The molecular formula is C21H26F3NO2. The van der Waals surface area contributed by atoms with Crippen LogP contribution in [0.5, 0.6) is 0 Å². The molecule has 148 valence electrons. The number of benzene rings is 1. The van der Waals surface area contributed by atoms with E-state index in [0.29, 0.717) is 25.2 Å². The van der Waals surface area contributed by atoms with Crippen LogP contribution < -0.4 is 0 Å². The molecule has 27 heavy (non-hydrogen) atoms. The second kappa shape index (κ2) is 6.23. The Hall–Kier alpha value is -1.56. The van der Waals surface area contributed by atoms with Gasteiger partial charge in [-0.3, -0.25) is 4.79 Å². The van der Waals surface area contributed by atoms with Gasteiger partial charge < -0.3 is 10.0 Å². The number of carbonyl (C=O) groups excluding carboxylic acids is 1. The van der Waals surface area contributed by atoms with Crippen LogP contribution in [-0.2, 0) is 17.4 Å². The summed E-state index contributed by atoms with van der Waals surface area (Å²) in [5, 5.41) is 9.81. The van der Waals surface area contributed by atoms with Crippen molar-refractivity contribution in [2.45, 2.75) is 57.2 Å². The highest BCUT2D eigenvalue weighted by atomic mass is 19.4. The van der Waals surface area contributed by atoms with Crippen molar-refractivity contribution in [1.29, 1.82) is 0 Å². The molecule has 4 rings (SSSR count). The number of alkyl halides is 3. The minimum Gasteiger partial charge on any atom is -0.390 e. The topological polar surface area (TPSA) is 40.5 Å². The first kappa shape index (κ1) is 18.8. The zero-order valence-electron chi connectivity index (χ0n) is 15.6. The number of hydrogen-bond donors (Lipinski definition) is 1. The van der Waals surface area contributed by atoms with Crippen molar-refractivity contribution in [2.24, 2.45) is 17.3 Å². The minimum absolute atomic E-state index is 0.0420. The molecule has 3 nitrogen and oxygen atoms in total. The molecule has 0 radical (unpaired) electrons. The lowest BCUT2D eigenvalue weighted by Crippen LogP contribution is -2.61. The van der Waals surface area contributed by atoms with Gasteiger partial charge in [0.05, 0.1) is 11.2 Å². The van der Waals surface area contributed by atoms with Crippen LogP contribution in [-0.4, -0.2) is 34.6 Å². The number of aliphatic hydroxyl groups is 1. The Morgan fingerprint density at radius 2 is 1.96 bits per heavy atom. The van der Waals surface area contributed by atoms with Gasteiger partial charge in [-0.05, 0) is 63.0 Å². The van der Waals surface area contributed by atoms with E-state index in [0.717, 1.165) is 44.0 Å². The highest BCUT2D eigenvalue weighted by molar-refractivity contribution is 5.81. The highest BCUT2D eigenvalue weighted by Crippen LogP contribution is 2.50. The van der Waals surface area contributed by atoms with Gasteiger partial charge in [0.1, 0.15) is 0 Å². The normalized spacial score (nSPS) is 32.3. The summed E-state index contributed by atoms with van der Waals surface area (Å²) < 4.78 is 38.6. The molecule has 1 aliphatic heterocycles. The maximum absolute atomic E-state index is 12.9. The van der Waals surface area contributed by atoms with Gasteiger partial charge in [0.25, 0.3) is 0 Å². The molecule has 2 aliphatic carbocycles. The fraction of sp³-hybridized carbons (Fsp3) is 0.667. The van der Waals surface area contributed by atoms with Crippen molar-refractivity contribution in [3.05, 3.63) is 35.4 Å². The largest absolute Gasteiger partial charge is 0.416 e. The summed E-state index contributed by atoms with van der Waals surface area (Å²) in [6.07, 6.45) is 0.509. The molecular weight excluding hydrogens is 355 g/mol. The Labute approximate surface area is 157 Å². The van der Waals surface area contributed by atoms with Crippen molar-refractivity contribution in [3.63, 3.8) is 0 Å². The monoisotopic (exact) mass is 381 g/mol. The zero-order chi connectivity index (χ0) is 19.4. The van der Waals surface area contributed by atoms with E-state index in [1.807, 2.05) is 4.90 Å². The number of amides is 1. The van der Waals surface area contributed by atoms with E-state index in [-0.39, 0.29) is 17.2 Å². The smallest absolute Gasteiger partial charge is 0.390 e. The van der Waals surface area contributed by atoms with Crippen LogP contribution in [0.25, 0.3) is 0 Å². The van der Waals surface area contributed by atoms with Crippen molar-refractivity contribution >= 4 is 5.91 Å². The van der Waals surface area contributed by atoms with Gasteiger partial charge >= 0.3 is 6.18 Å². The molecule has 1 N–H and O–H groups in total. The Kier molecular flexibility index (Phi) is 4.33. The van der Waals surface area contributed by atoms with Crippen molar-refractivity contribution < 1.29 is 23.1 Å². The predicted molar refractivity (Wildman–Crippen MR) is 94.8 cm³/mol. The molecule has 3 fully saturated rings. The van der Waals surface area contributed by atoms with Crippen LogP contribution >= 0.6 is 0 Å². The maximum atomic E-state index is 12.9. The van der Waals surface area contributed by atoms with Crippen molar-refractivity contribution in [1.82, 2.24) is 4.90 Å². The van der Waals surface area contributed by atoms with Crippen LogP contribution in [0.1, 0.15) is 50.2 Å². The Balaban J connectivity index is 1.30. The van der Waals surface area contributed by atoms with Gasteiger partial charge in [0.2, 0.25) is 5.91 Å². The number of nitrogens with zero attached hydrogens (tertiary/aromatic N) is 1. The van der Waals surface area contributed by atoms with Gasteiger partial charge in [-0.25, -0.2) is 0 Å². The van der Waals surface area contributed by atoms with Crippen LogP contribution in [0.2, 0.25) is 0 Å². The van der Waals surface area contributed by atoms with Crippen LogP contribution in [0.3, 0.4) is 0 Å². The van der Waals surface area contributed by atoms with Crippen molar-refractivity contribution in [3.8, 4) is 0 Å². The molecule has 1 heterocycles. The lowest BCUT2D eigenvalue weighted by molar-refractivity contribution is -0.161. The molecule has 1 amide bonds. The lowest BCUT2D eigenvalue weighted by atomic mass is 9.69. The van der Waals surface area contributed by atoms with E-state index >= 15 is 0 Å². The fourth-order valence-electron chi connectivity index (χ4n) is 5.35. The van der Waals surface area contributed by atoms with E-state index < -0.39 is 17.3 Å². The molecule has 1 aromatic rings. The molecule has 0 bridgehead atoms. The van der Waals surface area contributed by atoms with E-state index in [1.165, 1.54) is 12.1 Å². The van der Waals surface area contributed by atoms with Crippen molar-refractivity contribution in [2.75, 3.05) is 13.1 Å². The fourth-order valence-corrected chi connectivity index (χ4v) is 5.35. The van der Waals surface area contributed by atoms with E-state index in [1.54, 1.807) is 13.0 Å². The first-order chi connectivity index (χ1) is 12.6. The number of rotatable bonds is 3. The molecule has 1 saturated heterocycles. The quantitative estimate of drug-likeness (QED) is 0.859. The summed E-state index contributed by atoms with van der Waals surface area (Å²) in [6, 6.07) is 5.65. The Bertz CT molecular complexity index is 729. The predicted octanol–water partition coefficient (Wildman–Crippen LogP) is 4.04. The van der Waals surface area contributed by atoms with Gasteiger partial charge in [-0.1, -0.05) is 18.2 Å². The summed E-state index contributed by atoms with van der Waals surface area (Å²) in [5.41, 5.74) is -0.360. The molecule has 6 heteroatoms. The third-order valence-corrected chi connectivity index (χ3v) is 6.67. The second-order valence-corrected chi connectivity index (χ2v) is 9.31. The third kappa shape index (κ3) is 3.73. The molecule has 2 saturated carbocycles. The van der Waals surface area contributed by atoms with E-state index in [9.17, 15) is 23.1 Å². The number of hydrogen-bond acceptors (Lipinski definition) is 2. The van der Waals surface area contributed by atoms with Gasteiger partial charge in [-0.2, -0.15) is 13.2 Å². The molecule has 1 atom stereocenters. The summed E-state index contributed by atoms with van der Waals surface area (Å²) in [7, 11) is 0. The van der Waals surface area contributed by atoms with Crippen LogP contribution in [0.4, 0.5) is 13.2 Å². The Morgan fingerprint density at radius 3 is 2.59 bits per heavy atom. The number of likely N-dealkylation sites (tertiary alicyclic amines) is 1. The van der Waals surface area contributed by atoms with Gasteiger partial charge in [0, 0.05) is 24.4 Å². The zero-order valence-corrected chi connectivity index (χ0v) is 15.6. The first-order valence-electron chi connectivity index (χ1n) is 9.73. The summed E-state index contributed by atoms with van der Waals surface area (Å²) in [6.45, 7) is 3.30. The summed E-state index contributed by atoms with van der Waals surface area (Å²) in [4.78, 5) is 14.4. The molecule has 1 unspecified atom stereocenters. The maximum Gasteiger partial charge on any atom is 0.416 e. The third-order valence-electron chi connectivity index (χ3n) is 6.67. The lowest BCUT2D eigenvalue weighted by Gasteiger charge is -2.52. The average Bonchev–Trinajstić information content (AvgIpc) is 2.94. The van der Waals surface area contributed by atoms with E-state index in [4.69, 9.17) is 0 Å². The molecule has 1 aromatic carbocycles. The summed E-state index contributed by atoms with van der Waals surface area (Å²) in [5.74, 6) is 0.503. The van der Waals surface area contributed by atoms with Crippen LogP contribution in [0, 0.1) is 17.3 Å². The van der Waals surface area contributed by atoms with Gasteiger partial charge in [-0.15, -0.1) is 0 Å². The average molecular weight is 381 g/mol. The molecule has 0 aromatic heterocycles.